The van der Waals surface area contributed by atoms with Gasteiger partial charge in [0, 0.05) is 24.5 Å². The molecule has 3 aliphatic rings. The lowest BCUT2D eigenvalue weighted by Gasteiger charge is -2.48. The minimum atomic E-state index is 0.701. The molecular weight excluding hydrogens is 250 g/mol. The van der Waals surface area contributed by atoms with E-state index in [2.05, 4.69) is 34.1 Å². The van der Waals surface area contributed by atoms with Crippen molar-refractivity contribution in [1.29, 1.82) is 0 Å². The zero-order chi connectivity index (χ0) is 13.5. The molecule has 0 N–H and O–H groups in total. The summed E-state index contributed by atoms with van der Waals surface area (Å²) in [5.74, 6) is 0.881. The van der Waals surface area contributed by atoms with Crippen LogP contribution in [0.3, 0.4) is 0 Å². The van der Waals surface area contributed by atoms with Crippen LogP contribution in [0.1, 0.15) is 18.4 Å². The normalized spacial score (nSPS) is 29.4. The molecular formula is C16H21N3O. The molecule has 106 valence electrons. The summed E-state index contributed by atoms with van der Waals surface area (Å²) in [5.41, 5.74) is 2.22. The van der Waals surface area contributed by atoms with E-state index < -0.39 is 0 Å². The number of aromatic nitrogens is 1. The molecule has 4 heteroatoms. The number of piperidine rings is 3. The van der Waals surface area contributed by atoms with Crippen LogP contribution in [-0.2, 0) is 6.54 Å². The maximum atomic E-state index is 5.26. The van der Waals surface area contributed by atoms with Gasteiger partial charge < -0.3 is 9.42 Å². The molecule has 4 heterocycles. The monoisotopic (exact) mass is 271 g/mol. The van der Waals surface area contributed by atoms with Crippen LogP contribution in [0.4, 0.5) is 0 Å². The molecule has 0 amide bonds. The topological polar surface area (TPSA) is 32.5 Å². The molecule has 20 heavy (non-hydrogen) atoms. The van der Waals surface area contributed by atoms with Crippen LogP contribution in [0.5, 0.6) is 0 Å². The second-order valence-corrected chi connectivity index (χ2v) is 6.28. The Morgan fingerprint density at radius 1 is 1.35 bits per heavy atom. The number of benzene rings is 1. The molecule has 0 radical (unpaired) electrons. The maximum Gasteiger partial charge on any atom is 0.167 e. The Morgan fingerprint density at radius 3 is 2.95 bits per heavy atom. The van der Waals surface area contributed by atoms with Gasteiger partial charge in [-0.1, -0.05) is 17.3 Å². The summed E-state index contributed by atoms with van der Waals surface area (Å²) in [6.45, 7) is 4.82. The Morgan fingerprint density at radius 2 is 2.20 bits per heavy atom. The minimum absolute atomic E-state index is 0.701. The van der Waals surface area contributed by atoms with Crippen molar-refractivity contribution < 1.29 is 4.52 Å². The second kappa shape index (κ2) is 4.86. The summed E-state index contributed by atoms with van der Waals surface area (Å²) >= 11 is 0. The Hall–Kier alpha value is -1.39. The van der Waals surface area contributed by atoms with Crippen molar-refractivity contribution in [2.75, 3.05) is 26.7 Å². The fourth-order valence-corrected chi connectivity index (χ4v) is 3.91. The van der Waals surface area contributed by atoms with E-state index in [0.717, 1.165) is 23.4 Å². The highest BCUT2D eigenvalue weighted by atomic mass is 16.5. The van der Waals surface area contributed by atoms with Gasteiger partial charge in [-0.2, -0.15) is 0 Å². The molecule has 5 rings (SSSR count). The Kier molecular flexibility index (Phi) is 3.00. The van der Waals surface area contributed by atoms with Crippen molar-refractivity contribution in [1.82, 2.24) is 15.0 Å². The Labute approximate surface area is 119 Å². The van der Waals surface area contributed by atoms with Crippen LogP contribution in [0.15, 0.2) is 28.9 Å². The van der Waals surface area contributed by atoms with Gasteiger partial charge in [-0.25, -0.2) is 0 Å². The number of fused-ring (bicyclic) bond motifs is 4. The number of hydrogen-bond acceptors (Lipinski definition) is 4. The molecule has 0 saturated carbocycles. The number of likely N-dealkylation sites (N-methyl/N-ethyl adjacent to an activating group) is 1. The standard InChI is InChI=1S/C16H21N3O/c1-18(15-11-19-7-5-12(15)6-8-19)10-13-3-2-4-16-14(13)9-17-20-16/h2-4,9,12,15H,5-8,10-11H2,1H3. The molecule has 1 aromatic heterocycles. The quantitative estimate of drug-likeness (QED) is 0.858. The van der Waals surface area contributed by atoms with Crippen LogP contribution < -0.4 is 0 Å². The first kappa shape index (κ1) is 12.4. The van der Waals surface area contributed by atoms with Crippen molar-refractivity contribution in [3.8, 4) is 0 Å². The molecule has 2 bridgehead atoms. The van der Waals surface area contributed by atoms with Crippen molar-refractivity contribution in [2.45, 2.75) is 25.4 Å². The summed E-state index contributed by atoms with van der Waals surface area (Å²) in [5, 5.41) is 5.07. The highest BCUT2D eigenvalue weighted by Gasteiger charge is 2.36. The summed E-state index contributed by atoms with van der Waals surface area (Å²) in [7, 11) is 2.26. The Bertz CT molecular complexity index is 601. The van der Waals surface area contributed by atoms with E-state index in [1.54, 1.807) is 0 Å². The van der Waals surface area contributed by atoms with Crippen molar-refractivity contribution in [3.63, 3.8) is 0 Å². The minimum Gasteiger partial charge on any atom is -0.356 e. The van der Waals surface area contributed by atoms with Crippen molar-refractivity contribution >= 4 is 11.0 Å². The summed E-state index contributed by atoms with van der Waals surface area (Å²) in [6, 6.07) is 6.94. The first-order chi connectivity index (χ1) is 9.81. The van der Waals surface area contributed by atoms with E-state index in [1.165, 1.54) is 38.0 Å². The van der Waals surface area contributed by atoms with Gasteiger partial charge in [0.05, 0.1) is 6.20 Å². The van der Waals surface area contributed by atoms with Crippen LogP contribution in [0, 0.1) is 5.92 Å². The summed E-state index contributed by atoms with van der Waals surface area (Å²) in [4.78, 5) is 5.14. The average Bonchev–Trinajstić information content (AvgIpc) is 2.98. The second-order valence-electron chi connectivity index (χ2n) is 6.28. The molecule has 1 atom stereocenters. The molecule has 0 spiro atoms. The molecule has 2 aromatic rings. The van der Waals surface area contributed by atoms with Crippen molar-refractivity contribution in [2.24, 2.45) is 5.92 Å². The fraction of sp³-hybridized carbons (Fsp3) is 0.562. The zero-order valence-corrected chi connectivity index (χ0v) is 12.0. The predicted octanol–water partition coefficient (Wildman–Crippen LogP) is 2.35. The van der Waals surface area contributed by atoms with E-state index in [1.807, 2.05) is 12.3 Å². The number of nitrogens with zero attached hydrogens (tertiary/aromatic N) is 3. The van der Waals surface area contributed by atoms with E-state index in [-0.39, 0.29) is 0 Å². The Balaban J connectivity index is 1.55. The third kappa shape index (κ3) is 2.03. The fourth-order valence-electron chi connectivity index (χ4n) is 3.91. The van der Waals surface area contributed by atoms with Crippen LogP contribution in [0.25, 0.3) is 11.0 Å². The predicted molar refractivity (Wildman–Crippen MR) is 78.4 cm³/mol. The largest absolute Gasteiger partial charge is 0.356 e. The van der Waals surface area contributed by atoms with E-state index in [9.17, 15) is 0 Å². The lowest BCUT2D eigenvalue weighted by atomic mass is 9.83. The third-order valence-electron chi connectivity index (χ3n) is 5.10. The van der Waals surface area contributed by atoms with E-state index in [4.69, 9.17) is 4.52 Å². The molecule has 3 saturated heterocycles. The highest BCUT2D eigenvalue weighted by Crippen LogP contribution is 2.31. The SMILES string of the molecule is CN(Cc1cccc2oncc12)C1CN2CCC1CC2. The third-order valence-corrected chi connectivity index (χ3v) is 5.10. The van der Waals surface area contributed by atoms with Gasteiger partial charge in [0.15, 0.2) is 5.58 Å². The van der Waals surface area contributed by atoms with Gasteiger partial charge in [-0.05, 0) is 50.5 Å². The van der Waals surface area contributed by atoms with Gasteiger partial charge in [0.25, 0.3) is 0 Å². The lowest BCUT2D eigenvalue weighted by Crippen LogP contribution is -2.56. The van der Waals surface area contributed by atoms with Crippen LogP contribution in [0.2, 0.25) is 0 Å². The molecule has 1 aromatic carbocycles. The lowest BCUT2D eigenvalue weighted by molar-refractivity contribution is 0.0137. The van der Waals surface area contributed by atoms with E-state index in [0.29, 0.717) is 6.04 Å². The number of hydrogen-bond donors (Lipinski definition) is 0. The van der Waals surface area contributed by atoms with Gasteiger partial charge in [0.2, 0.25) is 0 Å². The van der Waals surface area contributed by atoms with Crippen LogP contribution in [-0.4, -0.2) is 47.7 Å². The highest BCUT2D eigenvalue weighted by molar-refractivity contribution is 5.79. The molecule has 3 fully saturated rings. The van der Waals surface area contributed by atoms with Crippen LogP contribution >= 0.6 is 0 Å². The number of rotatable bonds is 3. The zero-order valence-electron chi connectivity index (χ0n) is 12.0. The van der Waals surface area contributed by atoms with Gasteiger partial charge in [0.1, 0.15) is 0 Å². The first-order valence-electron chi connectivity index (χ1n) is 7.56. The summed E-state index contributed by atoms with van der Waals surface area (Å²) in [6.07, 6.45) is 4.58. The van der Waals surface area contributed by atoms with Gasteiger partial charge in [-0.15, -0.1) is 0 Å². The smallest absolute Gasteiger partial charge is 0.167 e. The maximum absolute atomic E-state index is 5.26. The average molecular weight is 271 g/mol. The van der Waals surface area contributed by atoms with Gasteiger partial charge >= 0.3 is 0 Å². The van der Waals surface area contributed by atoms with E-state index >= 15 is 0 Å². The molecule has 0 aliphatic carbocycles. The molecule has 4 nitrogen and oxygen atoms in total. The molecule has 3 aliphatic heterocycles. The molecule has 1 unspecified atom stereocenters. The van der Waals surface area contributed by atoms with Gasteiger partial charge in [-0.3, -0.25) is 4.90 Å². The first-order valence-corrected chi connectivity index (χ1v) is 7.56. The van der Waals surface area contributed by atoms with Crippen molar-refractivity contribution in [3.05, 3.63) is 30.0 Å². The summed E-state index contributed by atoms with van der Waals surface area (Å²) < 4.78 is 5.26.